The van der Waals surface area contributed by atoms with Gasteiger partial charge in [-0.1, -0.05) is 24.8 Å². The molecule has 2 rings (SSSR count). The number of benzene rings is 1. The molecule has 1 heterocycles. The predicted octanol–water partition coefficient (Wildman–Crippen LogP) is 3.45. The third kappa shape index (κ3) is 1.33. The van der Waals surface area contributed by atoms with Gasteiger partial charge in [0.05, 0.1) is 0 Å². The molecule has 1 aliphatic heterocycles. The molecule has 2 heteroatoms. The van der Waals surface area contributed by atoms with Gasteiger partial charge in [0.1, 0.15) is 0 Å². The largest absolute Gasteiger partial charge is 0.115 e. The minimum Gasteiger partial charge on any atom is -0.115 e. The Balaban J connectivity index is 2.52. The topological polar surface area (TPSA) is 0 Å². The lowest BCUT2D eigenvalue weighted by molar-refractivity contribution is 1.42. The molecule has 1 aromatic rings. The first-order chi connectivity index (χ1) is 5.38. The van der Waals surface area contributed by atoms with Crippen LogP contribution in [-0.2, 0) is 0 Å². The molecule has 56 valence electrons. The molecule has 0 spiro atoms. The van der Waals surface area contributed by atoms with Crippen LogP contribution in [0.25, 0.3) is 4.91 Å². The van der Waals surface area contributed by atoms with Crippen molar-refractivity contribution in [3.63, 3.8) is 0 Å². The van der Waals surface area contributed by atoms with Crippen LogP contribution < -0.4 is 0 Å². The summed E-state index contributed by atoms with van der Waals surface area (Å²) in [5.74, 6) is 0. The number of hydrogen-bond acceptors (Lipinski definition) is 2. The molecule has 0 nitrogen and oxygen atoms in total. The average Bonchev–Trinajstić information content (AvgIpc) is 2.06. The second-order valence-electron chi connectivity index (χ2n) is 2.33. The van der Waals surface area contributed by atoms with Crippen molar-refractivity contribution in [3.05, 3.63) is 36.4 Å². The van der Waals surface area contributed by atoms with Gasteiger partial charge in [-0.25, -0.2) is 0 Å². The van der Waals surface area contributed by atoms with Gasteiger partial charge in [0.15, 0.2) is 0 Å². The maximum Gasteiger partial charge on any atom is 0.0487 e. The molecule has 0 N–H and O–H groups in total. The van der Waals surface area contributed by atoms with Crippen molar-refractivity contribution < 1.29 is 0 Å². The van der Waals surface area contributed by atoms with Gasteiger partial charge in [0.2, 0.25) is 0 Å². The first-order valence-electron chi connectivity index (χ1n) is 3.42. The summed E-state index contributed by atoms with van der Waals surface area (Å²) in [5.41, 5.74) is 1.31. The van der Waals surface area contributed by atoms with Crippen LogP contribution in [0.5, 0.6) is 0 Å². The van der Waals surface area contributed by atoms with Crippen molar-refractivity contribution in [3.8, 4) is 0 Å². The molecule has 0 aliphatic carbocycles. The Labute approximate surface area is 75.1 Å². The summed E-state index contributed by atoms with van der Waals surface area (Å²) >= 11 is 3.72. The fraction of sp³-hybridized carbons (Fsp3) is 0.111. The average molecular weight is 180 g/mol. The molecule has 0 saturated carbocycles. The molecular weight excluding hydrogens is 172 g/mol. The molecule has 0 fully saturated rings. The summed E-state index contributed by atoms with van der Waals surface area (Å²) in [6, 6.07) is 8.44. The quantitative estimate of drug-likeness (QED) is 0.599. The van der Waals surface area contributed by atoms with Gasteiger partial charge in [-0.3, -0.25) is 0 Å². The molecular formula is C9H8S2. The van der Waals surface area contributed by atoms with Crippen LogP contribution in [0, 0.1) is 0 Å². The SMILES string of the molecule is C=C1SCSc2ccccc21. The molecule has 1 aromatic carbocycles. The van der Waals surface area contributed by atoms with Gasteiger partial charge < -0.3 is 0 Å². The summed E-state index contributed by atoms with van der Waals surface area (Å²) in [4.78, 5) is 2.58. The smallest absolute Gasteiger partial charge is 0.0487 e. The molecule has 0 bridgehead atoms. The van der Waals surface area contributed by atoms with Crippen LogP contribution in [0.2, 0.25) is 0 Å². The van der Waals surface area contributed by atoms with Gasteiger partial charge in [-0.05, 0) is 6.07 Å². The summed E-state index contributed by atoms with van der Waals surface area (Å²) in [6.45, 7) is 4.01. The Kier molecular flexibility index (Phi) is 1.96. The molecule has 0 atom stereocenters. The van der Waals surface area contributed by atoms with Gasteiger partial charge >= 0.3 is 0 Å². The van der Waals surface area contributed by atoms with Gasteiger partial charge in [-0.2, -0.15) is 0 Å². The third-order valence-electron chi connectivity index (χ3n) is 1.64. The minimum absolute atomic E-state index is 1.11. The van der Waals surface area contributed by atoms with Crippen LogP contribution in [0.1, 0.15) is 5.56 Å². The van der Waals surface area contributed by atoms with Gasteiger partial charge in [0, 0.05) is 20.4 Å². The second-order valence-corrected chi connectivity index (χ2v) is 4.78. The van der Waals surface area contributed by atoms with Gasteiger partial charge in [-0.15, -0.1) is 23.5 Å². The van der Waals surface area contributed by atoms with E-state index in [9.17, 15) is 0 Å². The van der Waals surface area contributed by atoms with E-state index in [1.54, 1.807) is 0 Å². The molecule has 0 saturated heterocycles. The van der Waals surface area contributed by atoms with Crippen LogP contribution in [0.15, 0.2) is 35.7 Å². The zero-order valence-electron chi connectivity index (χ0n) is 6.04. The molecule has 11 heavy (non-hydrogen) atoms. The van der Waals surface area contributed by atoms with E-state index in [4.69, 9.17) is 0 Å². The zero-order valence-corrected chi connectivity index (χ0v) is 7.67. The van der Waals surface area contributed by atoms with E-state index in [-0.39, 0.29) is 0 Å². The Hall–Kier alpha value is -0.340. The summed E-state index contributed by atoms with van der Waals surface area (Å²) in [6.07, 6.45) is 0. The molecule has 0 amide bonds. The van der Waals surface area contributed by atoms with E-state index in [1.165, 1.54) is 15.4 Å². The predicted molar refractivity (Wildman–Crippen MR) is 53.8 cm³/mol. The highest BCUT2D eigenvalue weighted by molar-refractivity contribution is 8.21. The first-order valence-corrected chi connectivity index (χ1v) is 5.39. The molecule has 1 aliphatic rings. The first kappa shape index (κ1) is 7.32. The maximum atomic E-state index is 4.01. The summed E-state index contributed by atoms with van der Waals surface area (Å²) in [7, 11) is 0. The van der Waals surface area contributed by atoms with E-state index in [0.29, 0.717) is 0 Å². The highest BCUT2D eigenvalue weighted by Gasteiger charge is 2.11. The summed E-state index contributed by atoms with van der Waals surface area (Å²) < 4.78 is 0. The highest BCUT2D eigenvalue weighted by atomic mass is 32.2. The molecule has 0 radical (unpaired) electrons. The molecule has 0 aromatic heterocycles. The molecule has 0 unspecified atom stereocenters. The van der Waals surface area contributed by atoms with E-state index < -0.39 is 0 Å². The van der Waals surface area contributed by atoms with Crippen molar-refractivity contribution >= 4 is 28.4 Å². The zero-order chi connectivity index (χ0) is 7.68. The fourth-order valence-corrected chi connectivity index (χ4v) is 3.30. The van der Waals surface area contributed by atoms with Crippen LogP contribution in [0.3, 0.4) is 0 Å². The van der Waals surface area contributed by atoms with E-state index in [0.717, 1.165) is 5.08 Å². The Morgan fingerprint density at radius 1 is 1.18 bits per heavy atom. The lowest BCUT2D eigenvalue weighted by Gasteiger charge is -2.15. The minimum atomic E-state index is 1.11. The maximum absolute atomic E-state index is 4.01. The number of rotatable bonds is 0. The van der Waals surface area contributed by atoms with E-state index >= 15 is 0 Å². The van der Waals surface area contributed by atoms with Crippen molar-refractivity contribution in [1.29, 1.82) is 0 Å². The second kappa shape index (κ2) is 2.95. The van der Waals surface area contributed by atoms with Crippen LogP contribution >= 0.6 is 23.5 Å². The number of thioether (sulfide) groups is 2. The normalized spacial score (nSPS) is 16.2. The highest BCUT2D eigenvalue weighted by Crippen LogP contribution is 2.41. The number of hydrogen-bond donors (Lipinski definition) is 0. The summed E-state index contributed by atoms with van der Waals surface area (Å²) in [5, 5.41) is 1.11. The van der Waals surface area contributed by atoms with Crippen molar-refractivity contribution in [2.24, 2.45) is 0 Å². The lowest BCUT2D eigenvalue weighted by atomic mass is 10.2. The standard InChI is InChI=1S/C9H8S2/c1-7-8-4-2-3-5-9(8)11-6-10-7/h2-5H,1,6H2. The van der Waals surface area contributed by atoms with Crippen LogP contribution in [0.4, 0.5) is 0 Å². The van der Waals surface area contributed by atoms with Crippen molar-refractivity contribution in [2.45, 2.75) is 4.90 Å². The Morgan fingerprint density at radius 2 is 2.00 bits per heavy atom. The Morgan fingerprint density at radius 3 is 2.82 bits per heavy atom. The van der Waals surface area contributed by atoms with Gasteiger partial charge in [0.25, 0.3) is 0 Å². The van der Waals surface area contributed by atoms with Crippen molar-refractivity contribution in [1.82, 2.24) is 0 Å². The lowest BCUT2D eigenvalue weighted by Crippen LogP contribution is -1.89. The fourth-order valence-electron chi connectivity index (χ4n) is 1.06. The van der Waals surface area contributed by atoms with Crippen molar-refractivity contribution in [2.75, 3.05) is 5.08 Å². The monoisotopic (exact) mass is 180 g/mol. The van der Waals surface area contributed by atoms with E-state index in [2.05, 4.69) is 30.8 Å². The van der Waals surface area contributed by atoms with Crippen LogP contribution in [-0.4, -0.2) is 5.08 Å². The third-order valence-corrected chi connectivity index (χ3v) is 3.81. The Bertz CT molecular complexity index is 291. The van der Waals surface area contributed by atoms with E-state index in [1.807, 2.05) is 23.5 Å². The number of fused-ring (bicyclic) bond motifs is 1.